The summed E-state index contributed by atoms with van der Waals surface area (Å²) >= 11 is 11.7. The van der Waals surface area contributed by atoms with Crippen LogP contribution < -0.4 is 0 Å². The van der Waals surface area contributed by atoms with Gasteiger partial charge in [0.25, 0.3) is 0 Å². The number of halogens is 2. The Balaban J connectivity index is 3.07. The van der Waals surface area contributed by atoms with Crippen LogP contribution in [0, 0.1) is 0 Å². The molecule has 0 aliphatic heterocycles. The fourth-order valence-corrected chi connectivity index (χ4v) is 1.29. The van der Waals surface area contributed by atoms with Crippen LogP contribution in [-0.2, 0) is 0 Å². The maximum atomic E-state index is 8.81. The molecule has 0 saturated heterocycles. The van der Waals surface area contributed by atoms with Gasteiger partial charge in [-0.25, -0.2) is 0 Å². The molecule has 0 aliphatic rings. The van der Waals surface area contributed by atoms with Crippen LogP contribution in [0.3, 0.4) is 0 Å². The Kier molecular flexibility index (Phi) is 3.79. The van der Waals surface area contributed by atoms with Crippen LogP contribution in [0.4, 0.5) is 0 Å². The van der Waals surface area contributed by atoms with Crippen LogP contribution in [-0.4, -0.2) is 11.7 Å². The molecule has 1 N–H and O–H groups in total. The van der Waals surface area contributed by atoms with Crippen molar-refractivity contribution in [1.29, 1.82) is 0 Å². The molecule has 0 bridgehead atoms. The second-order valence-corrected chi connectivity index (χ2v) is 3.66. The Morgan fingerprint density at radius 1 is 1.46 bits per heavy atom. The molecule has 0 spiro atoms. The highest BCUT2D eigenvalue weighted by Gasteiger charge is 1.98. The summed E-state index contributed by atoms with van der Waals surface area (Å²) in [5.41, 5.74) is 1.69. The summed E-state index contributed by atoms with van der Waals surface area (Å²) in [5, 5.41) is 10.1. The number of rotatable bonds is 2. The highest BCUT2D eigenvalue weighted by atomic mass is 35.5. The SMILES string of the molecule is C/C(=C/c1cc(Cl)ccc1Cl)CO. The third-order valence-corrected chi connectivity index (χ3v) is 2.19. The average Bonchev–Trinajstić information content (AvgIpc) is 2.11. The zero-order valence-corrected chi connectivity index (χ0v) is 8.73. The van der Waals surface area contributed by atoms with Gasteiger partial charge in [-0.05, 0) is 36.3 Å². The molecule has 0 heterocycles. The summed E-state index contributed by atoms with van der Waals surface area (Å²) < 4.78 is 0. The Morgan fingerprint density at radius 2 is 2.15 bits per heavy atom. The van der Waals surface area contributed by atoms with E-state index in [1.165, 1.54) is 0 Å². The van der Waals surface area contributed by atoms with E-state index in [2.05, 4.69) is 0 Å². The molecule has 13 heavy (non-hydrogen) atoms. The Bertz CT molecular complexity index is 332. The van der Waals surface area contributed by atoms with Gasteiger partial charge in [-0.3, -0.25) is 0 Å². The van der Waals surface area contributed by atoms with Crippen molar-refractivity contribution >= 4 is 29.3 Å². The predicted octanol–water partition coefficient (Wildman–Crippen LogP) is 3.39. The zero-order chi connectivity index (χ0) is 9.84. The lowest BCUT2D eigenvalue weighted by Crippen LogP contribution is -1.84. The van der Waals surface area contributed by atoms with E-state index in [0.717, 1.165) is 11.1 Å². The summed E-state index contributed by atoms with van der Waals surface area (Å²) in [7, 11) is 0. The fourth-order valence-electron chi connectivity index (χ4n) is 0.936. The highest BCUT2D eigenvalue weighted by Crippen LogP contribution is 2.22. The third-order valence-electron chi connectivity index (χ3n) is 1.61. The minimum Gasteiger partial charge on any atom is -0.392 e. The summed E-state index contributed by atoms with van der Waals surface area (Å²) in [6.45, 7) is 1.86. The second kappa shape index (κ2) is 4.66. The lowest BCUT2D eigenvalue weighted by Gasteiger charge is -2.00. The minimum absolute atomic E-state index is 0.0306. The number of hydrogen-bond acceptors (Lipinski definition) is 1. The van der Waals surface area contributed by atoms with Gasteiger partial charge in [0, 0.05) is 10.0 Å². The van der Waals surface area contributed by atoms with Gasteiger partial charge in [0.15, 0.2) is 0 Å². The lowest BCUT2D eigenvalue weighted by molar-refractivity contribution is 0.332. The van der Waals surface area contributed by atoms with E-state index < -0.39 is 0 Å². The predicted molar refractivity (Wildman–Crippen MR) is 57.2 cm³/mol. The molecular weight excluding hydrogens is 207 g/mol. The maximum absolute atomic E-state index is 8.81. The molecule has 3 heteroatoms. The quantitative estimate of drug-likeness (QED) is 0.804. The van der Waals surface area contributed by atoms with Crippen LogP contribution >= 0.6 is 23.2 Å². The van der Waals surface area contributed by atoms with Crippen molar-refractivity contribution in [2.75, 3.05) is 6.61 Å². The van der Waals surface area contributed by atoms with Crippen LogP contribution in [0.15, 0.2) is 23.8 Å². The molecule has 0 unspecified atom stereocenters. The van der Waals surface area contributed by atoms with E-state index in [0.29, 0.717) is 10.0 Å². The molecule has 1 aromatic carbocycles. The average molecular weight is 217 g/mol. The van der Waals surface area contributed by atoms with E-state index in [4.69, 9.17) is 28.3 Å². The van der Waals surface area contributed by atoms with Crippen LogP contribution in [0.5, 0.6) is 0 Å². The molecule has 0 aromatic heterocycles. The van der Waals surface area contributed by atoms with Crippen molar-refractivity contribution in [2.24, 2.45) is 0 Å². The first-order valence-electron chi connectivity index (χ1n) is 3.86. The molecule has 0 amide bonds. The summed E-state index contributed by atoms with van der Waals surface area (Å²) in [6.07, 6.45) is 1.81. The van der Waals surface area contributed by atoms with Gasteiger partial charge in [0.05, 0.1) is 6.61 Å². The summed E-state index contributed by atoms with van der Waals surface area (Å²) in [5.74, 6) is 0. The Morgan fingerprint density at radius 3 is 2.77 bits per heavy atom. The Labute approximate surface area is 87.6 Å². The molecule has 70 valence electrons. The van der Waals surface area contributed by atoms with E-state index in [9.17, 15) is 0 Å². The largest absolute Gasteiger partial charge is 0.392 e. The van der Waals surface area contributed by atoms with Gasteiger partial charge in [-0.1, -0.05) is 29.3 Å². The van der Waals surface area contributed by atoms with E-state index >= 15 is 0 Å². The van der Waals surface area contributed by atoms with Crippen LogP contribution in [0.1, 0.15) is 12.5 Å². The van der Waals surface area contributed by atoms with E-state index in [1.807, 2.05) is 13.0 Å². The lowest BCUT2D eigenvalue weighted by atomic mass is 10.1. The normalized spacial score (nSPS) is 11.8. The molecule has 0 saturated carbocycles. The van der Waals surface area contributed by atoms with Crippen molar-refractivity contribution in [2.45, 2.75) is 6.92 Å². The van der Waals surface area contributed by atoms with Gasteiger partial charge in [-0.15, -0.1) is 0 Å². The van der Waals surface area contributed by atoms with Crippen molar-refractivity contribution in [3.05, 3.63) is 39.4 Å². The molecule has 1 nitrogen and oxygen atoms in total. The van der Waals surface area contributed by atoms with Crippen molar-refractivity contribution in [3.8, 4) is 0 Å². The van der Waals surface area contributed by atoms with Crippen LogP contribution in [0.2, 0.25) is 10.0 Å². The first-order valence-corrected chi connectivity index (χ1v) is 4.62. The number of aliphatic hydroxyl groups is 1. The highest BCUT2D eigenvalue weighted by molar-refractivity contribution is 6.34. The first-order chi connectivity index (χ1) is 6.13. The molecule has 1 rings (SSSR count). The van der Waals surface area contributed by atoms with E-state index in [1.54, 1.807) is 18.2 Å². The van der Waals surface area contributed by atoms with Crippen molar-refractivity contribution < 1.29 is 5.11 Å². The molecule has 0 fully saturated rings. The van der Waals surface area contributed by atoms with E-state index in [-0.39, 0.29) is 6.61 Å². The fraction of sp³-hybridized carbons (Fsp3) is 0.200. The second-order valence-electron chi connectivity index (χ2n) is 2.81. The number of hydrogen-bond donors (Lipinski definition) is 1. The minimum atomic E-state index is 0.0306. The third kappa shape index (κ3) is 3.03. The molecule has 0 atom stereocenters. The van der Waals surface area contributed by atoms with Gasteiger partial charge in [0.2, 0.25) is 0 Å². The maximum Gasteiger partial charge on any atom is 0.0642 e. The van der Waals surface area contributed by atoms with Crippen molar-refractivity contribution in [1.82, 2.24) is 0 Å². The van der Waals surface area contributed by atoms with Gasteiger partial charge in [-0.2, -0.15) is 0 Å². The molecule has 0 radical (unpaired) electrons. The summed E-state index contributed by atoms with van der Waals surface area (Å²) in [6, 6.07) is 5.24. The van der Waals surface area contributed by atoms with Gasteiger partial charge >= 0.3 is 0 Å². The first kappa shape index (κ1) is 10.6. The number of aliphatic hydroxyl groups excluding tert-OH is 1. The molecule has 1 aromatic rings. The van der Waals surface area contributed by atoms with Crippen molar-refractivity contribution in [3.63, 3.8) is 0 Å². The summed E-state index contributed by atoms with van der Waals surface area (Å²) in [4.78, 5) is 0. The zero-order valence-electron chi connectivity index (χ0n) is 7.22. The number of benzene rings is 1. The monoisotopic (exact) mass is 216 g/mol. The smallest absolute Gasteiger partial charge is 0.0642 e. The van der Waals surface area contributed by atoms with Crippen LogP contribution in [0.25, 0.3) is 6.08 Å². The standard InChI is InChI=1S/C10H10Cl2O/c1-7(6-13)4-8-5-9(11)2-3-10(8)12/h2-5,13H,6H2,1H3/b7-4-. The topological polar surface area (TPSA) is 20.2 Å². The molecular formula is C10H10Cl2O. The van der Waals surface area contributed by atoms with Gasteiger partial charge in [0.1, 0.15) is 0 Å². The van der Waals surface area contributed by atoms with Gasteiger partial charge < -0.3 is 5.11 Å². The molecule has 0 aliphatic carbocycles. The Hall–Kier alpha value is -0.500.